The summed E-state index contributed by atoms with van der Waals surface area (Å²) in [6, 6.07) is 0. The Kier molecular flexibility index (Phi) is 9.85. The van der Waals surface area contributed by atoms with E-state index in [1.54, 1.807) is 0 Å². The smallest absolute Gasteiger partial charge is 0.460 e. The van der Waals surface area contributed by atoms with E-state index in [9.17, 15) is 87.8 Å². The number of halogens is 17. The number of aliphatic carboxylic acids is 1. The van der Waals surface area contributed by atoms with E-state index in [-0.39, 0.29) is 0 Å². The highest BCUT2D eigenvalue weighted by Gasteiger charge is 2.96. The molecular formula is C16H14F17NO4S. The number of carbonyl (C=O) groups is 1. The minimum Gasteiger partial charge on any atom is -0.478 e. The lowest BCUT2D eigenvalue weighted by Gasteiger charge is -2.43. The zero-order valence-corrected chi connectivity index (χ0v) is 19.5. The molecule has 0 spiro atoms. The second-order valence-corrected chi connectivity index (χ2v) is 9.42. The Morgan fingerprint density at radius 2 is 1.03 bits per heavy atom. The predicted molar refractivity (Wildman–Crippen MR) is 92.9 cm³/mol. The summed E-state index contributed by atoms with van der Waals surface area (Å²) in [5.74, 6) is -53.7. The molecule has 1 N–H and O–H groups in total. The van der Waals surface area contributed by atoms with Crippen LogP contribution < -0.4 is 0 Å². The fourth-order valence-corrected chi connectivity index (χ4v) is 3.90. The fourth-order valence-electron chi connectivity index (χ4n) is 2.43. The minimum atomic E-state index is -8.90. The Balaban J connectivity index is 6.86. The van der Waals surface area contributed by atoms with Crippen molar-refractivity contribution in [2.45, 2.75) is 67.2 Å². The van der Waals surface area contributed by atoms with Crippen LogP contribution in [0.2, 0.25) is 0 Å². The SMILES string of the molecule is CCN(CC/C=C(\C)C(=O)O)S(=O)(=O)C(F)(F)C(F)(F)C(F)(F)C(F)(F)C(F)(F)C(F)(F)C(F)(F)C(F)(F)F. The van der Waals surface area contributed by atoms with Crippen molar-refractivity contribution in [1.82, 2.24) is 4.31 Å². The Morgan fingerprint density at radius 3 is 1.33 bits per heavy atom. The molecule has 0 rings (SSSR count). The first-order chi connectivity index (χ1) is 16.8. The summed E-state index contributed by atoms with van der Waals surface area (Å²) in [7, 11) is -7.40. The maximum atomic E-state index is 14.2. The average molecular weight is 639 g/mol. The third-order valence-corrected chi connectivity index (χ3v) is 6.90. The predicted octanol–water partition coefficient (Wildman–Crippen LogP) is 6.03. The van der Waals surface area contributed by atoms with Gasteiger partial charge in [0, 0.05) is 18.7 Å². The Morgan fingerprint density at radius 1 is 0.692 bits per heavy atom. The van der Waals surface area contributed by atoms with E-state index in [0.29, 0.717) is 13.0 Å². The van der Waals surface area contributed by atoms with Crippen LogP contribution in [-0.4, -0.2) is 83.9 Å². The normalized spacial score (nSPS) is 16.2. The van der Waals surface area contributed by atoms with Crippen molar-refractivity contribution in [1.29, 1.82) is 0 Å². The van der Waals surface area contributed by atoms with E-state index in [4.69, 9.17) is 5.11 Å². The number of sulfonamides is 1. The van der Waals surface area contributed by atoms with E-state index in [1.165, 1.54) is 0 Å². The fraction of sp³-hybridized carbons (Fsp3) is 0.812. The second kappa shape index (κ2) is 10.4. The van der Waals surface area contributed by atoms with Gasteiger partial charge in [0.05, 0.1) is 0 Å². The first-order valence-electron chi connectivity index (χ1n) is 9.40. The monoisotopic (exact) mass is 639 g/mol. The Labute approximate surface area is 206 Å². The van der Waals surface area contributed by atoms with Gasteiger partial charge in [-0.2, -0.15) is 78.9 Å². The van der Waals surface area contributed by atoms with Crippen LogP contribution in [0.5, 0.6) is 0 Å². The lowest BCUT2D eigenvalue weighted by atomic mass is 9.91. The quantitative estimate of drug-likeness (QED) is 0.198. The largest absolute Gasteiger partial charge is 0.478 e. The lowest BCUT2D eigenvalue weighted by molar-refractivity contribution is -0.458. The third kappa shape index (κ3) is 5.35. The number of carboxylic acids is 1. The van der Waals surface area contributed by atoms with Gasteiger partial charge in [-0.05, 0) is 13.3 Å². The molecular weight excluding hydrogens is 625 g/mol. The van der Waals surface area contributed by atoms with E-state index in [0.717, 1.165) is 6.92 Å². The molecule has 0 aliphatic rings. The van der Waals surface area contributed by atoms with E-state index >= 15 is 0 Å². The van der Waals surface area contributed by atoms with Crippen LogP contribution in [0.15, 0.2) is 11.6 Å². The summed E-state index contributed by atoms with van der Waals surface area (Å²) in [4.78, 5) is 10.6. The molecule has 0 heterocycles. The van der Waals surface area contributed by atoms with Gasteiger partial charge < -0.3 is 5.11 Å². The van der Waals surface area contributed by atoms with Crippen LogP contribution in [0.3, 0.4) is 0 Å². The molecule has 0 unspecified atom stereocenters. The minimum absolute atomic E-state index is 0.528. The molecule has 0 aliphatic carbocycles. The zero-order chi connectivity index (χ0) is 32.1. The molecule has 0 amide bonds. The molecule has 0 radical (unpaired) electrons. The van der Waals surface area contributed by atoms with Crippen LogP contribution >= 0.6 is 0 Å². The van der Waals surface area contributed by atoms with Crippen molar-refractivity contribution < 1.29 is 93.0 Å². The molecule has 0 aliphatic heterocycles. The van der Waals surface area contributed by atoms with Crippen molar-refractivity contribution >= 4 is 16.0 Å². The molecule has 0 fully saturated rings. The van der Waals surface area contributed by atoms with Gasteiger partial charge in [-0.25, -0.2) is 13.2 Å². The second-order valence-electron chi connectivity index (χ2n) is 7.44. The van der Waals surface area contributed by atoms with Crippen molar-refractivity contribution in [3.8, 4) is 0 Å². The van der Waals surface area contributed by atoms with Gasteiger partial charge in [-0.1, -0.05) is 13.0 Å². The van der Waals surface area contributed by atoms with Gasteiger partial charge in [0.15, 0.2) is 0 Å². The molecule has 0 bridgehead atoms. The first kappa shape index (κ1) is 36.9. The van der Waals surface area contributed by atoms with E-state index in [1.807, 2.05) is 0 Å². The van der Waals surface area contributed by atoms with Crippen LogP contribution in [0.25, 0.3) is 0 Å². The molecule has 0 aromatic carbocycles. The number of alkyl halides is 17. The molecule has 39 heavy (non-hydrogen) atoms. The van der Waals surface area contributed by atoms with Gasteiger partial charge >= 0.3 is 52.9 Å². The molecule has 0 atom stereocenters. The van der Waals surface area contributed by atoms with Gasteiger partial charge in [0.2, 0.25) is 0 Å². The van der Waals surface area contributed by atoms with E-state index < -0.39 is 92.3 Å². The number of hydrogen-bond donors (Lipinski definition) is 1. The maximum absolute atomic E-state index is 14.2. The number of rotatable bonds is 13. The Bertz CT molecular complexity index is 1050. The maximum Gasteiger partial charge on any atom is 0.460 e. The standard InChI is InChI=1S/C16H14F17NO4S/c1-3-34(6-4-5-7(2)8(35)36)39(37,38)16(32,33)14(27,28)12(23,24)10(19,20)9(17,18)11(21,22)13(25,26)15(29,30)31/h5H,3-4,6H2,1-2H3,(H,35,36)/b7-5+. The average Bonchev–Trinajstić information content (AvgIpc) is 2.74. The summed E-state index contributed by atoms with van der Waals surface area (Å²) in [5.41, 5.74) is -0.620. The highest BCUT2D eigenvalue weighted by molar-refractivity contribution is 7.90. The highest BCUT2D eigenvalue weighted by atomic mass is 32.2. The first-order valence-corrected chi connectivity index (χ1v) is 10.8. The van der Waals surface area contributed by atoms with Crippen molar-refractivity contribution in [2.24, 2.45) is 0 Å². The van der Waals surface area contributed by atoms with Gasteiger partial charge in [-0.3, -0.25) is 0 Å². The Hall–Kier alpha value is -2.07. The third-order valence-electron chi connectivity index (χ3n) is 4.88. The molecule has 23 heteroatoms. The summed E-state index contributed by atoms with van der Waals surface area (Å²) in [6.45, 7) is -1.53. The molecule has 232 valence electrons. The summed E-state index contributed by atoms with van der Waals surface area (Å²) in [5, 5.41) is 0.940. The van der Waals surface area contributed by atoms with Gasteiger partial charge in [0.25, 0.3) is 10.0 Å². The molecule has 0 aromatic heterocycles. The van der Waals surface area contributed by atoms with Crippen LogP contribution in [-0.2, 0) is 14.8 Å². The van der Waals surface area contributed by atoms with Crippen LogP contribution in [0.1, 0.15) is 20.3 Å². The molecule has 0 saturated carbocycles. The zero-order valence-electron chi connectivity index (χ0n) is 18.7. The van der Waals surface area contributed by atoms with E-state index in [2.05, 4.69) is 0 Å². The van der Waals surface area contributed by atoms with Crippen molar-refractivity contribution in [2.75, 3.05) is 13.1 Å². The molecule has 0 saturated heterocycles. The number of nitrogens with zero attached hydrogens (tertiary/aromatic N) is 1. The summed E-state index contributed by atoms with van der Waals surface area (Å²) in [6.07, 6.45) is -8.31. The topological polar surface area (TPSA) is 74.7 Å². The highest BCUT2D eigenvalue weighted by Crippen LogP contribution is 2.64. The lowest BCUT2D eigenvalue weighted by Crippen LogP contribution is -2.75. The summed E-state index contributed by atoms with van der Waals surface area (Å²) < 4.78 is 250. The van der Waals surface area contributed by atoms with Gasteiger partial charge in [0.1, 0.15) is 0 Å². The number of carboxylic acid groups (broad SMARTS) is 1. The van der Waals surface area contributed by atoms with Gasteiger partial charge in [-0.15, -0.1) is 0 Å². The van der Waals surface area contributed by atoms with Crippen molar-refractivity contribution in [3.05, 3.63) is 11.6 Å². The molecule has 5 nitrogen and oxygen atoms in total. The molecule has 0 aromatic rings. The summed E-state index contributed by atoms with van der Waals surface area (Å²) >= 11 is 0. The van der Waals surface area contributed by atoms with Crippen LogP contribution in [0, 0.1) is 0 Å². The van der Waals surface area contributed by atoms with Crippen molar-refractivity contribution in [3.63, 3.8) is 0 Å². The van der Waals surface area contributed by atoms with Crippen LogP contribution in [0.4, 0.5) is 74.6 Å². The number of hydrogen-bond acceptors (Lipinski definition) is 3.